The van der Waals surface area contributed by atoms with Crippen LogP contribution in [0.1, 0.15) is 25.7 Å². The number of piperidine rings is 3. The minimum absolute atomic E-state index is 0.207. The minimum Gasteiger partial charge on any atom is -0.442 e. The normalized spacial score (nSPS) is 50.5. The van der Waals surface area contributed by atoms with Crippen LogP contribution in [0.4, 0.5) is 14.4 Å². The maximum atomic E-state index is 11.5. The fourth-order valence-electron chi connectivity index (χ4n) is 9.05. The SMILES string of the molecule is CN1C(=O)OC2C[C@@H](O)[C@@H]3[C@H](O)[C@H](O)CN3C21.O=C1NC2C[C@@H](O)[C@@H]3[C@H](O)[C@H](O)CN3C2O1.O=C1NC2[C@@H](O1)[C@@H](O)[C@H]1[C@H](O)CCCN21. The van der Waals surface area contributed by atoms with Crippen LogP contribution >= 0.6 is 0 Å². The Morgan fingerprint density at radius 3 is 1.98 bits per heavy atom. The Balaban J connectivity index is 0.000000114. The van der Waals surface area contributed by atoms with Crippen LogP contribution in [0.2, 0.25) is 0 Å². The molecule has 9 aliphatic heterocycles. The number of hydrogen-bond acceptors (Lipinski definition) is 17. The van der Waals surface area contributed by atoms with Gasteiger partial charge in [-0.2, -0.15) is 0 Å². The lowest BCUT2D eigenvalue weighted by Crippen LogP contribution is -2.61. The van der Waals surface area contributed by atoms with Crippen molar-refractivity contribution >= 4 is 18.3 Å². The zero-order valence-electron chi connectivity index (χ0n) is 26.1. The van der Waals surface area contributed by atoms with Crippen LogP contribution in [-0.2, 0) is 14.2 Å². The minimum atomic E-state index is -0.991. The van der Waals surface area contributed by atoms with Gasteiger partial charge in [0.25, 0.3) is 0 Å². The van der Waals surface area contributed by atoms with Gasteiger partial charge in [-0.05, 0) is 12.8 Å². The molecule has 20 nitrogen and oxygen atoms in total. The second-order valence-electron chi connectivity index (χ2n) is 14.0. The predicted molar refractivity (Wildman–Crippen MR) is 154 cm³/mol. The van der Waals surface area contributed by atoms with E-state index in [4.69, 9.17) is 14.2 Å². The molecule has 10 N–H and O–H groups in total. The summed E-state index contributed by atoms with van der Waals surface area (Å²) < 4.78 is 15.2. The van der Waals surface area contributed by atoms with E-state index in [1.165, 1.54) is 4.90 Å². The number of carbonyl (C=O) groups excluding carboxylic acids is 3. The van der Waals surface area contributed by atoms with Crippen molar-refractivity contribution in [1.29, 1.82) is 0 Å². The molecular formula is C28H44N6O14. The molecule has 0 aromatic heterocycles. The highest BCUT2D eigenvalue weighted by Gasteiger charge is 2.59. The molecule has 9 aliphatic rings. The number of aliphatic hydroxyl groups is 8. The fraction of sp³-hybridized carbons (Fsp3) is 0.893. The molecule has 0 aromatic carbocycles. The number of carbonyl (C=O) groups is 3. The van der Waals surface area contributed by atoms with Crippen LogP contribution in [0.5, 0.6) is 0 Å². The quantitative estimate of drug-likeness (QED) is 0.106. The van der Waals surface area contributed by atoms with Crippen molar-refractivity contribution in [3.63, 3.8) is 0 Å². The lowest BCUT2D eigenvalue weighted by atomic mass is 9.93. The van der Waals surface area contributed by atoms with Crippen molar-refractivity contribution in [2.45, 2.75) is 129 Å². The highest BCUT2D eigenvalue weighted by molar-refractivity contribution is 5.71. The maximum Gasteiger partial charge on any atom is 0.411 e. The average Bonchev–Trinajstić information content (AvgIpc) is 3.84. The summed E-state index contributed by atoms with van der Waals surface area (Å²) in [5.74, 6) is 0. The van der Waals surface area contributed by atoms with E-state index < -0.39 is 97.6 Å². The van der Waals surface area contributed by atoms with Crippen LogP contribution in [0.15, 0.2) is 0 Å². The second-order valence-corrected chi connectivity index (χ2v) is 14.0. The van der Waals surface area contributed by atoms with E-state index in [9.17, 15) is 55.2 Å². The Bertz CT molecular complexity index is 1270. The molecule has 20 heteroatoms. The third kappa shape index (κ3) is 5.46. The Hall–Kier alpha value is -2.63. The van der Waals surface area contributed by atoms with Crippen LogP contribution < -0.4 is 10.6 Å². The van der Waals surface area contributed by atoms with Gasteiger partial charge in [0.1, 0.15) is 24.5 Å². The first-order valence-corrected chi connectivity index (χ1v) is 16.4. The zero-order valence-corrected chi connectivity index (χ0v) is 26.1. The molecule has 9 heterocycles. The summed E-state index contributed by atoms with van der Waals surface area (Å²) in [5.41, 5.74) is 0. The van der Waals surface area contributed by atoms with E-state index in [1.807, 2.05) is 4.90 Å². The van der Waals surface area contributed by atoms with Crippen LogP contribution in [0, 0.1) is 0 Å². The molecule has 0 spiro atoms. The lowest BCUT2D eigenvalue weighted by molar-refractivity contribution is -0.0995. The van der Waals surface area contributed by atoms with Gasteiger partial charge in [-0.1, -0.05) is 0 Å². The lowest BCUT2D eigenvalue weighted by Gasteiger charge is -2.42. The van der Waals surface area contributed by atoms with E-state index in [0.29, 0.717) is 19.3 Å². The van der Waals surface area contributed by atoms with Crippen molar-refractivity contribution in [2.24, 2.45) is 0 Å². The number of nitrogens with zero attached hydrogens (tertiary/aromatic N) is 4. The smallest absolute Gasteiger partial charge is 0.411 e. The van der Waals surface area contributed by atoms with E-state index in [2.05, 4.69) is 10.6 Å². The zero-order chi connectivity index (χ0) is 34.3. The van der Waals surface area contributed by atoms with Crippen LogP contribution in [-0.4, -0.2) is 209 Å². The molecule has 17 atom stereocenters. The molecule has 0 bridgehead atoms. The molecule has 0 aromatic rings. The van der Waals surface area contributed by atoms with Crippen LogP contribution in [0.3, 0.4) is 0 Å². The first-order chi connectivity index (χ1) is 22.8. The monoisotopic (exact) mass is 688 g/mol. The largest absolute Gasteiger partial charge is 0.442 e. The molecule has 9 fully saturated rings. The van der Waals surface area contributed by atoms with Crippen molar-refractivity contribution in [3.05, 3.63) is 0 Å². The van der Waals surface area contributed by atoms with E-state index in [-0.39, 0.29) is 37.5 Å². The topological polar surface area (TPSA) is 278 Å². The van der Waals surface area contributed by atoms with Crippen molar-refractivity contribution < 1.29 is 69.4 Å². The van der Waals surface area contributed by atoms with Crippen molar-refractivity contribution in [3.8, 4) is 0 Å². The summed E-state index contributed by atoms with van der Waals surface area (Å²) in [7, 11) is 1.62. The average molecular weight is 689 g/mol. The Kier molecular flexibility index (Phi) is 8.89. The summed E-state index contributed by atoms with van der Waals surface area (Å²) in [4.78, 5) is 40.4. The predicted octanol–water partition coefficient (Wildman–Crippen LogP) is -5.85. The molecule has 0 radical (unpaired) electrons. The standard InChI is InChI=1S/C10H16N2O5.C9H14N2O5.C9H14N2O4/c1-11-9-6(17-10(11)16)2-4(13)7-8(15)5(14)3-12(7)9;12-4-1-3-8(16-9(15)10-3)11-2-5(13)7(14)6(4)11;12-4-2-1-3-11-5(4)6(13)7-8(11)10-9(14)15-7/h4-9,13-15H,2-3H2,1H3;3-8,12-14H,1-2H2,(H,10,15);4-8,12-13H,1-3H2,(H,10,14)/t4-,5-,6?,7-,8-,9?;3?,4-,5-,6-,7-,8?;4-,5-,6+,7+,8?/m111/s1. The third-order valence-corrected chi connectivity index (χ3v) is 11.2. The number of rotatable bonds is 0. The van der Waals surface area contributed by atoms with Gasteiger partial charge in [-0.3, -0.25) is 19.6 Å². The highest BCUT2D eigenvalue weighted by Crippen LogP contribution is 2.38. The number of amides is 3. The van der Waals surface area contributed by atoms with Crippen molar-refractivity contribution in [1.82, 2.24) is 30.2 Å². The summed E-state index contributed by atoms with van der Waals surface area (Å²) in [6.07, 6.45) is -7.84. The number of hydrogen-bond donors (Lipinski definition) is 10. The number of alkyl carbamates (subject to hydrolysis) is 2. The van der Waals surface area contributed by atoms with Crippen molar-refractivity contribution in [2.75, 3.05) is 26.7 Å². The van der Waals surface area contributed by atoms with Gasteiger partial charge in [0.2, 0.25) is 0 Å². The highest BCUT2D eigenvalue weighted by atomic mass is 16.6. The Morgan fingerprint density at radius 2 is 1.27 bits per heavy atom. The van der Waals surface area contributed by atoms with E-state index in [0.717, 1.165) is 13.0 Å². The third-order valence-electron chi connectivity index (χ3n) is 11.2. The molecular weight excluding hydrogens is 644 g/mol. The molecule has 0 aliphatic carbocycles. The van der Waals surface area contributed by atoms with Gasteiger partial charge in [0, 0.05) is 39.5 Å². The first-order valence-electron chi connectivity index (χ1n) is 16.4. The molecule has 3 amide bonds. The van der Waals surface area contributed by atoms with Gasteiger partial charge < -0.3 is 65.7 Å². The van der Waals surface area contributed by atoms with Gasteiger partial charge in [-0.25, -0.2) is 14.4 Å². The molecule has 48 heavy (non-hydrogen) atoms. The molecule has 9 rings (SSSR count). The van der Waals surface area contributed by atoms with Gasteiger partial charge in [0.05, 0.1) is 66.9 Å². The summed E-state index contributed by atoms with van der Waals surface area (Å²) in [6, 6.07) is -1.64. The van der Waals surface area contributed by atoms with Gasteiger partial charge >= 0.3 is 18.3 Å². The number of fused-ring (bicyclic) bond motifs is 9. The van der Waals surface area contributed by atoms with E-state index in [1.54, 1.807) is 16.8 Å². The van der Waals surface area contributed by atoms with Gasteiger partial charge in [0.15, 0.2) is 12.3 Å². The maximum absolute atomic E-state index is 11.5. The Morgan fingerprint density at radius 1 is 0.667 bits per heavy atom. The summed E-state index contributed by atoms with van der Waals surface area (Å²) >= 11 is 0. The number of likely N-dealkylation sites (N-methyl/N-ethyl adjacent to an activating group) is 1. The molecule has 270 valence electrons. The number of nitrogens with one attached hydrogen (secondary N) is 2. The molecule has 9 saturated heterocycles. The number of ether oxygens (including phenoxy) is 3. The first kappa shape index (κ1) is 33.8. The fourth-order valence-corrected chi connectivity index (χ4v) is 9.05. The summed E-state index contributed by atoms with van der Waals surface area (Å²) in [5, 5.41) is 83.7. The summed E-state index contributed by atoms with van der Waals surface area (Å²) in [6.45, 7) is 1.23. The van der Waals surface area contributed by atoms with Crippen LogP contribution in [0.25, 0.3) is 0 Å². The molecule has 5 unspecified atom stereocenters. The van der Waals surface area contributed by atoms with Gasteiger partial charge in [-0.15, -0.1) is 0 Å². The number of aliphatic hydroxyl groups excluding tert-OH is 8. The second kappa shape index (κ2) is 12.6. The van der Waals surface area contributed by atoms with E-state index >= 15 is 0 Å². The molecule has 0 saturated carbocycles. The Labute approximate surface area is 274 Å².